The lowest BCUT2D eigenvalue weighted by Gasteiger charge is -2.11. The molecule has 7 heteroatoms. The molecule has 88 valence electrons. The van der Waals surface area contributed by atoms with Gasteiger partial charge in [0.1, 0.15) is 11.2 Å². The van der Waals surface area contributed by atoms with Gasteiger partial charge >= 0.3 is 6.18 Å². The maximum absolute atomic E-state index is 12.8. The van der Waals surface area contributed by atoms with Crippen molar-refractivity contribution in [2.75, 3.05) is 0 Å². The van der Waals surface area contributed by atoms with Gasteiger partial charge in [-0.25, -0.2) is 8.78 Å². The van der Waals surface area contributed by atoms with Crippen LogP contribution in [0.2, 0.25) is 0 Å². The van der Waals surface area contributed by atoms with Crippen LogP contribution in [0.25, 0.3) is 0 Å². The highest BCUT2D eigenvalue weighted by Crippen LogP contribution is 2.57. The van der Waals surface area contributed by atoms with Crippen molar-refractivity contribution < 1.29 is 22.0 Å². The Morgan fingerprint density at radius 3 is 2.12 bits per heavy atom. The van der Waals surface area contributed by atoms with Crippen LogP contribution in [0.4, 0.5) is 22.0 Å². The first-order chi connectivity index (χ1) is 7.17. The van der Waals surface area contributed by atoms with Crippen LogP contribution in [0.15, 0.2) is 18.3 Å². The number of rotatable bonds is 1. The zero-order valence-corrected chi connectivity index (χ0v) is 7.85. The van der Waals surface area contributed by atoms with Crippen LogP contribution in [-0.2, 0) is 11.7 Å². The molecule has 1 atom stereocenters. The molecule has 2 N–H and O–H groups in total. The van der Waals surface area contributed by atoms with Crippen molar-refractivity contribution in [1.29, 1.82) is 0 Å². The van der Waals surface area contributed by atoms with Crippen molar-refractivity contribution in [2.24, 2.45) is 5.73 Å². The third-order valence-corrected chi connectivity index (χ3v) is 2.60. The fraction of sp³-hybridized carbons (Fsp3) is 0.444. The van der Waals surface area contributed by atoms with Crippen LogP contribution >= 0.6 is 0 Å². The van der Waals surface area contributed by atoms with E-state index in [0.29, 0.717) is 6.07 Å². The predicted octanol–water partition coefficient (Wildman–Crippen LogP) is 2.29. The lowest BCUT2D eigenvalue weighted by Crippen LogP contribution is -2.27. The number of hydrogen-bond acceptors (Lipinski definition) is 2. The van der Waals surface area contributed by atoms with Crippen molar-refractivity contribution >= 4 is 0 Å². The van der Waals surface area contributed by atoms with E-state index in [1.807, 2.05) is 0 Å². The number of nitrogens with zero attached hydrogens (tertiary/aromatic N) is 1. The molecular formula is C9H7F5N2. The fourth-order valence-corrected chi connectivity index (χ4v) is 1.44. The topological polar surface area (TPSA) is 38.9 Å². The number of hydrogen-bond donors (Lipinski definition) is 1. The molecule has 0 spiro atoms. The van der Waals surface area contributed by atoms with Gasteiger partial charge in [0.15, 0.2) is 0 Å². The Hall–Kier alpha value is -1.24. The molecule has 0 bridgehead atoms. The summed E-state index contributed by atoms with van der Waals surface area (Å²) < 4.78 is 62.1. The van der Waals surface area contributed by atoms with E-state index in [2.05, 4.69) is 4.98 Å². The Morgan fingerprint density at radius 1 is 1.25 bits per heavy atom. The summed E-state index contributed by atoms with van der Waals surface area (Å²) in [4.78, 5) is 3.08. The first kappa shape index (κ1) is 11.3. The summed E-state index contributed by atoms with van der Waals surface area (Å²) in [5.41, 5.74) is 2.28. The number of alkyl halides is 5. The monoisotopic (exact) mass is 238 g/mol. The molecule has 2 rings (SSSR count). The molecule has 16 heavy (non-hydrogen) atoms. The molecule has 1 heterocycles. The third kappa shape index (κ3) is 1.55. The standard InChI is InChI=1S/C9H7F5N2/c10-8(11)4-7(8,15)5-1-2-6(16-3-5)9(12,13)14/h1-3H,4,15H2. The summed E-state index contributed by atoms with van der Waals surface area (Å²) >= 11 is 0. The molecule has 0 aliphatic heterocycles. The number of halogens is 5. The summed E-state index contributed by atoms with van der Waals surface area (Å²) in [5.74, 6) is -3.06. The second-order valence-corrected chi connectivity index (χ2v) is 3.78. The molecule has 0 radical (unpaired) electrons. The Labute approximate surface area is 87.3 Å². The molecule has 1 aliphatic carbocycles. The Kier molecular flexibility index (Phi) is 2.04. The Balaban J connectivity index is 2.28. The largest absolute Gasteiger partial charge is 0.433 e. The van der Waals surface area contributed by atoms with Gasteiger partial charge in [-0.15, -0.1) is 0 Å². The zero-order chi connectivity index (χ0) is 12.2. The summed E-state index contributed by atoms with van der Waals surface area (Å²) in [7, 11) is 0. The van der Waals surface area contributed by atoms with Crippen LogP contribution in [0, 0.1) is 0 Å². The van der Waals surface area contributed by atoms with E-state index in [4.69, 9.17) is 5.73 Å². The van der Waals surface area contributed by atoms with Crippen molar-refractivity contribution in [3.8, 4) is 0 Å². The van der Waals surface area contributed by atoms with Gasteiger partial charge in [0.25, 0.3) is 5.92 Å². The van der Waals surface area contributed by atoms with Gasteiger partial charge in [0, 0.05) is 12.6 Å². The summed E-state index contributed by atoms with van der Waals surface area (Å²) in [6, 6.07) is 1.59. The number of pyridine rings is 1. The average molecular weight is 238 g/mol. The van der Waals surface area contributed by atoms with E-state index < -0.39 is 29.8 Å². The molecule has 1 fully saturated rings. The van der Waals surface area contributed by atoms with Gasteiger partial charge in [0.2, 0.25) is 0 Å². The molecule has 1 aromatic heterocycles. The average Bonchev–Trinajstić information content (AvgIpc) is 2.66. The Morgan fingerprint density at radius 2 is 1.81 bits per heavy atom. The smallest absolute Gasteiger partial charge is 0.316 e. The van der Waals surface area contributed by atoms with Gasteiger partial charge in [-0.1, -0.05) is 6.07 Å². The quantitative estimate of drug-likeness (QED) is 0.762. The van der Waals surface area contributed by atoms with Gasteiger partial charge in [-0.3, -0.25) is 4.98 Å². The maximum Gasteiger partial charge on any atom is 0.433 e. The fourth-order valence-electron chi connectivity index (χ4n) is 1.44. The normalized spacial score (nSPS) is 27.9. The lowest BCUT2D eigenvalue weighted by molar-refractivity contribution is -0.141. The van der Waals surface area contributed by atoms with Gasteiger partial charge in [-0.2, -0.15) is 13.2 Å². The van der Waals surface area contributed by atoms with Gasteiger partial charge < -0.3 is 5.73 Å². The van der Waals surface area contributed by atoms with Crippen molar-refractivity contribution in [3.05, 3.63) is 29.6 Å². The molecule has 1 aliphatic rings. The van der Waals surface area contributed by atoms with Crippen LogP contribution in [0.3, 0.4) is 0 Å². The SMILES string of the molecule is NC1(c2ccc(C(F)(F)F)nc2)CC1(F)F. The minimum absolute atomic E-state index is 0.0782. The van der Waals surface area contributed by atoms with Crippen molar-refractivity contribution in [1.82, 2.24) is 4.98 Å². The molecule has 2 nitrogen and oxygen atoms in total. The van der Waals surface area contributed by atoms with E-state index in [-0.39, 0.29) is 5.56 Å². The van der Waals surface area contributed by atoms with E-state index in [0.717, 1.165) is 12.3 Å². The molecule has 1 unspecified atom stereocenters. The molecular weight excluding hydrogens is 231 g/mol. The molecule has 0 amide bonds. The van der Waals surface area contributed by atoms with Gasteiger partial charge in [-0.05, 0) is 11.6 Å². The van der Waals surface area contributed by atoms with E-state index in [1.165, 1.54) is 0 Å². The first-order valence-corrected chi connectivity index (χ1v) is 4.37. The lowest BCUT2D eigenvalue weighted by atomic mass is 10.1. The van der Waals surface area contributed by atoms with Crippen LogP contribution < -0.4 is 5.73 Å². The summed E-state index contributed by atoms with van der Waals surface area (Å²) in [6.07, 6.45) is -4.39. The van der Waals surface area contributed by atoms with Crippen molar-refractivity contribution in [3.63, 3.8) is 0 Å². The maximum atomic E-state index is 12.8. The third-order valence-electron chi connectivity index (χ3n) is 2.60. The molecule has 0 aromatic carbocycles. The van der Waals surface area contributed by atoms with E-state index in [1.54, 1.807) is 0 Å². The molecule has 1 saturated carbocycles. The van der Waals surface area contributed by atoms with Gasteiger partial charge in [0.05, 0.1) is 0 Å². The highest BCUT2D eigenvalue weighted by Gasteiger charge is 2.70. The Bertz CT molecular complexity index is 411. The molecule has 0 saturated heterocycles. The summed E-state index contributed by atoms with van der Waals surface area (Å²) in [5, 5.41) is 0. The van der Waals surface area contributed by atoms with E-state index >= 15 is 0 Å². The minimum atomic E-state index is -4.58. The minimum Gasteiger partial charge on any atom is -0.316 e. The summed E-state index contributed by atoms with van der Waals surface area (Å²) in [6.45, 7) is 0. The second kappa shape index (κ2) is 2.91. The highest BCUT2D eigenvalue weighted by atomic mass is 19.4. The first-order valence-electron chi connectivity index (χ1n) is 4.37. The van der Waals surface area contributed by atoms with Crippen molar-refractivity contribution in [2.45, 2.75) is 24.1 Å². The second-order valence-electron chi connectivity index (χ2n) is 3.78. The zero-order valence-electron chi connectivity index (χ0n) is 7.85. The van der Waals surface area contributed by atoms with Crippen LogP contribution in [-0.4, -0.2) is 10.9 Å². The highest BCUT2D eigenvalue weighted by molar-refractivity contribution is 5.34. The number of nitrogens with two attached hydrogens (primary N) is 1. The van der Waals surface area contributed by atoms with E-state index in [9.17, 15) is 22.0 Å². The predicted molar refractivity (Wildman–Crippen MR) is 44.7 cm³/mol. The molecule has 1 aromatic rings. The van der Waals surface area contributed by atoms with Crippen LogP contribution in [0.1, 0.15) is 17.7 Å². The number of aromatic nitrogens is 1. The van der Waals surface area contributed by atoms with Crippen LogP contribution in [0.5, 0.6) is 0 Å².